The van der Waals surface area contributed by atoms with Crippen molar-refractivity contribution in [1.29, 1.82) is 0 Å². The lowest BCUT2D eigenvalue weighted by Gasteiger charge is -2.25. The Kier molecular flexibility index (Phi) is 4.51. The number of aliphatic hydroxyl groups excluding tert-OH is 1. The van der Waals surface area contributed by atoms with Crippen molar-refractivity contribution in [3.63, 3.8) is 0 Å². The summed E-state index contributed by atoms with van der Waals surface area (Å²) >= 11 is 0. The van der Waals surface area contributed by atoms with Crippen LogP contribution in [0.2, 0.25) is 0 Å². The molecular weight excluding hydrogens is 260 g/mol. The van der Waals surface area contributed by atoms with E-state index in [2.05, 4.69) is 47.1 Å². The van der Waals surface area contributed by atoms with Crippen molar-refractivity contribution in [2.75, 3.05) is 13.2 Å². The largest absolute Gasteiger partial charge is 0.396 e. The van der Waals surface area contributed by atoms with Crippen LogP contribution in [-0.2, 0) is 6.54 Å². The second kappa shape index (κ2) is 6.54. The molecule has 0 radical (unpaired) electrons. The third-order valence-electron chi connectivity index (χ3n) is 4.50. The number of aromatic nitrogens is 1. The third kappa shape index (κ3) is 3.25. The van der Waals surface area contributed by atoms with Crippen LogP contribution < -0.4 is 0 Å². The van der Waals surface area contributed by atoms with Gasteiger partial charge in [-0.05, 0) is 56.8 Å². The number of aryl methyl sites for hydroxylation is 1. The minimum absolute atomic E-state index is 0.307. The lowest BCUT2D eigenvalue weighted by molar-refractivity contribution is 0.210. The number of nitrogens with zero attached hydrogens (tertiary/aromatic N) is 2. The molecule has 112 valence electrons. The molecule has 1 saturated heterocycles. The Hall–Kier alpha value is -1.45. The van der Waals surface area contributed by atoms with Gasteiger partial charge in [-0.1, -0.05) is 18.2 Å². The van der Waals surface area contributed by atoms with Gasteiger partial charge in [0, 0.05) is 30.3 Å². The topological polar surface area (TPSA) is 36.4 Å². The summed E-state index contributed by atoms with van der Waals surface area (Å²) in [7, 11) is 0. The van der Waals surface area contributed by atoms with E-state index < -0.39 is 0 Å². The maximum atomic E-state index is 9.05. The van der Waals surface area contributed by atoms with Gasteiger partial charge in [-0.3, -0.25) is 9.88 Å². The third-order valence-corrected chi connectivity index (χ3v) is 4.50. The van der Waals surface area contributed by atoms with Crippen LogP contribution in [0.5, 0.6) is 0 Å². The average Bonchev–Trinajstić information content (AvgIpc) is 2.92. The fourth-order valence-electron chi connectivity index (χ4n) is 3.50. The molecule has 1 aliphatic heterocycles. The van der Waals surface area contributed by atoms with Gasteiger partial charge in [0.05, 0.1) is 5.52 Å². The Morgan fingerprint density at radius 3 is 3.05 bits per heavy atom. The maximum absolute atomic E-state index is 9.05. The first-order valence-electron chi connectivity index (χ1n) is 7.98. The van der Waals surface area contributed by atoms with E-state index >= 15 is 0 Å². The quantitative estimate of drug-likeness (QED) is 0.915. The molecule has 1 N–H and O–H groups in total. The Balaban J connectivity index is 1.84. The van der Waals surface area contributed by atoms with Gasteiger partial charge < -0.3 is 5.11 Å². The minimum Gasteiger partial charge on any atom is -0.396 e. The monoisotopic (exact) mass is 284 g/mol. The summed E-state index contributed by atoms with van der Waals surface area (Å²) in [5.74, 6) is 0. The van der Waals surface area contributed by atoms with Gasteiger partial charge in [-0.25, -0.2) is 0 Å². The number of rotatable bonds is 5. The van der Waals surface area contributed by atoms with Crippen molar-refractivity contribution >= 4 is 10.9 Å². The zero-order chi connectivity index (χ0) is 14.7. The highest BCUT2D eigenvalue weighted by molar-refractivity contribution is 5.82. The van der Waals surface area contributed by atoms with E-state index in [-0.39, 0.29) is 0 Å². The van der Waals surface area contributed by atoms with Gasteiger partial charge in [0.15, 0.2) is 0 Å². The highest BCUT2D eigenvalue weighted by Crippen LogP contribution is 2.26. The fourth-order valence-corrected chi connectivity index (χ4v) is 3.50. The predicted molar refractivity (Wildman–Crippen MR) is 86.2 cm³/mol. The fraction of sp³-hybridized carbons (Fsp3) is 0.500. The zero-order valence-electron chi connectivity index (χ0n) is 12.8. The normalized spacial score (nSPS) is 19.4. The van der Waals surface area contributed by atoms with Gasteiger partial charge in [0.1, 0.15) is 0 Å². The van der Waals surface area contributed by atoms with Gasteiger partial charge >= 0.3 is 0 Å². The zero-order valence-corrected chi connectivity index (χ0v) is 12.8. The molecule has 0 saturated carbocycles. The second-order valence-electron chi connectivity index (χ2n) is 6.07. The van der Waals surface area contributed by atoms with Crippen molar-refractivity contribution < 1.29 is 5.11 Å². The van der Waals surface area contributed by atoms with Crippen LogP contribution in [0.3, 0.4) is 0 Å². The molecule has 3 nitrogen and oxygen atoms in total. The van der Waals surface area contributed by atoms with Crippen molar-refractivity contribution in [2.45, 2.75) is 45.2 Å². The van der Waals surface area contributed by atoms with E-state index in [0.717, 1.165) is 30.6 Å². The smallest absolute Gasteiger partial charge is 0.0708 e. The molecule has 0 unspecified atom stereocenters. The van der Waals surface area contributed by atoms with Crippen LogP contribution in [0.15, 0.2) is 30.3 Å². The van der Waals surface area contributed by atoms with E-state index in [1.165, 1.54) is 30.3 Å². The Morgan fingerprint density at radius 2 is 2.19 bits per heavy atom. The van der Waals surface area contributed by atoms with Crippen LogP contribution in [0.4, 0.5) is 0 Å². The number of likely N-dealkylation sites (tertiary alicyclic amines) is 1. The summed E-state index contributed by atoms with van der Waals surface area (Å²) in [6, 6.07) is 11.3. The van der Waals surface area contributed by atoms with Gasteiger partial charge in [0.2, 0.25) is 0 Å². The number of fused-ring (bicyclic) bond motifs is 1. The van der Waals surface area contributed by atoms with Crippen LogP contribution >= 0.6 is 0 Å². The summed E-state index contributed by atoms with van der Waals surface area (Å²) in [5, 5.41) is 10.3. The van der Waals surface area contributed by atoms with E-state index in [1.807, 2.05) is 0 Å². The Bertz CT molecular complexity index is 611. The second-order valence-corrected chi connectivity index (χ2v) is 6.07. The molecule has 0 aliphatic carbocycles. The SMILES string of the molecule is Cc1cc(CN2CCC[C@@H]2CCCO)c2ccccc2n1. The number of aliphatic hydroxyl groups is 1. The van der Waals surface area contributed by atoms with E-state index in [4.69, 9.17) is 5.11 Å². The predicted octanol–water partition coefficient (Wildman–Crippen LogP) is 3.28. The molecule has 0 amide bonds. The summed E-state index contributed by atoms with van der Waals surface area (Å²) in [5.41, 5.74) is 3.57. The van der Waals surface area contributed by atoms with Crippen LogP contribution in [0, 0.1) is 6.92 Å². The minimum atomic E-state index is 0.307. The molecule has 2 aromatic rings. The van der Waals surface area contributed by atoms with Gasteiger partial charge in [0.25, 0.3) is 0 Å². The summed E-state index contributed by atoms with van der Waals surface area (Å²) in [4.78, 5) is 7.21. The molecule has 1 fully saturated rings. The van der Waals surface area contributed by atoms with Crippen molar-refractivity contribution in [3.8, 4) is 0 Å². The van der Waals surface area contributed by atoms with Crippen LogP contribution in [-0.4, -0.2) is 34.2 Å². The number of hydrogen-bond donors (Lipinski definition) is 1. The van der Waals surface area contributed by atoms with E-state index in [1.54, 1.807) is 0 Å². The Labute approximate surface area is 126 Å². The standard InChI is InChI=1S/C18H24N2O/c1-14-12-15(17-8-2-3-9-18(17)19-14)13-20-10-4-6-16(20)7-5-11-21/h2-3,8-9,12,16,21H,4-7,10-11,13H2,1H3/t16-/m1/s1. The maximum Gasteiger partial charge on any atom is 0.0708 e. The Morgan fingerprint density at radius 1 is 1.33 bits per heavy atom. The van der Waals surface area contributed by atoms with Crippen molar-refractivity contribution in [3.05, 3.63) is 41.6 Å². The first-order chi connectivity index (χ1) is 10.3. The van der Waals surface area contributed by atoms with Crippen LogP contribution in [0.1, 0.15) is 36.9 Å². The number of hydrogen-bond acceptors (Lipinski definition) is 3. The van der Waals surface area contributed by atoms with Gasteiger partial charge in [-0.2, -0.15) is 0 Å². The molecule has 1 atom stereocenters. The summed E-state index contributed by atoms with van der Waals surface area (Å²) < 4.78 is 0. The van der Waals surface area contributed by atoms with Crippen LogP contribution in [0.25, 0.3) is 10.9 Å². The number of para-hydroxylation sites is 1. The van der Waals surface area contributed by atoms with Gasteiger partial charge in [-0.15, -0.1) is 0 Å². The average molecular weight is 284 g/mol. The molecule has 1 aromatic carbocycles. The highest BCUT2D eigenvalue weighted by Gasteiger charge is 2.24. The lowest BCUT2D eigenvalue weighted by Crippen LogP contribution is -2.29. The molecule has 3 rings (SSSR count). The van der Waals surface area contributed by atoms with Crippen molar-refractivity contribution in [2.24, 2.45) is 0 Å². The summed E-state index contributed by atoms with van der Waals surface area (Å²) in [6.07, 6.45) is 4.57. The first-order valence-corrected chi connectivity index (χ1v) is 7.98. The molecule has 2 heterocycles. The van der Waals surface area contributed by atoms with Crippen molar-refractivity contribution in [1.82, 2.24) is 9.88 Å². The van der Waals surface area contributed by atoms with E-state index in [0.29, 0.717) is 12.6 Å². The molecule has 0 spiro atoms. The summed E-state index contributed by atoms with van der Waals surface area (Å²) in [6.45, 7) is 4.55. The molecular formula is C18H24N2O. The van der Waals surface area contributed by atoms with E-state index in [9.17, 15) is 0 Å². The molecule has 1 aromatic heterocycles. The molecule has 0 bridgehead atoms. The highest BCUT2D eigenvalue weighted by atomic mass is 16.2. The number of benzene rings is 1. The molecule has 1 aliphatic rings. The molecule has 21 heavy (non-hydrogen) atoms. The molecule has 3 heteroatoms. The lowest BCUT2D eigenvalue weighted by atomic mass is 10.1. The first kappa shape index (κ1) is 14.5. The number of pyridine rings is 1.